The molecule has 0 aliphatic carbocycles. The fourth-order valence-corrected chi connectivity index (χ4v) is 2.76. The molecule has 2 amide bonds. The van der Waals surface area contributed by atoms with Crippen LogP contribution in [0.4, 0.5) is 22.0 Å². The van der Waals surface area contributed by atoms with Gasteiger partial charge in [0.05, 0.1) is 24.0 Å². The molecule has 1 aromatic carbocycles. The number of hydrazine groups is 1. The summed E-state index contributed by atoms with van der Waals surface area (Å²) >= 11 is 0. The first-order valence-electron chi connectivity index (χ1n) is 9.80. The highest BCUT2D eigenvalue weighted by Crippen LogP contribution is 2.21. The van der Waals surface area contributed by atoms with Gasteiger partial charge in [0.25, 0.3) is 5.91 Å². The number of carbonyl (C=O) groups excluding carboxylic acids is 2. The molecule has 33 heavy (non-hydrogen) atoms. The van der Waals surface area contributed by atoms with Crippen LogP contribution in [0.1, 0.15) is 30.7 Å². The largest absolute Gasteiger partial charge is 0.403 e. The van der Waals surface area contributed by atoms with Crippen LogP contribution in [-0.4, -0.2) is 45.9 Å². The summed E-state index contributed by atoms with van der Waals surface area (Å²) < 4.78 is 61.2. The van der Waals surface area contributed by atoms with E-state index in [0.29, 0.717) is 22.4 Å². The molecule has 1 aromatic heterocycles. The van der Waals surface area contributed by atoms with Crippen molar-refractivity contribution in [2.75, 3.05) is 6.54 Å². The maximum atomic E-state index is 12.3. The van der Waals surface area contributed by atoms with Gasteiger partial charge in [-0.05, 0) is 17.7 Å². The molecule has 0 fully saturated rings. The molecular formula is C19H24F5N7O2. The van der Waals surface area contributed by atoms with Crippen molar-refractivity contribution in [1.82, 2.24) is 25.6 Å². The lowest BCUT2D eigenvalue weighted by Crippen LogP contribution is -2.40. The fraction of sp³-hybridized carbons (Fsp3) is 0.421. The minimum Gasteiger partial charge on any atom is -0.403 e. The van der Waals surface area contributed by atoms with Crippen LogP contribution >= 0.6 is 0 Å². The molecule has 14 heteroatoms. The highest BCUT2D eigenvalue weighted by Gasteiger charge is 2.27. The predicted molar refractivity (Wildman–Crippen MR) is 109 cm³/mol. The van der Waals surface area contributed by atoms with Crippen LogP contribution in [0.3, 0.4) is 0 Å². The van der Waals surface area contributed by atoms with E-state index in [9.17, 15) is 31.5 Å². The topological polar surface area (TPSA) is 142 Å². The van der Waals surface area contributed by atoms with Gasteiger partial charge in [-0.2, -0.15) is 13.2 Å². The van der Waals surface area contributed by atoms with Gasteiger partial charge in [-0.25, -0.2) is 19.6 Å². The van der Waals surface area contributed by atoms with Crippen molar-refractivity contribution < 1.29 is 31.5 Å². The Morgan fingerprint density at radius 1 is 1.21 bits per heavy atom. The molecule has 0 aliphatic rings. The number of benzene rings is 1. The first-order chi connectivity index (χ1) is 15.5. The number of aromatic amines is 1. The second-order valence-corrected chi connectivity index (χ2v) is 7.03. The van der Waals surface area contributed by atoms with Crippen LogP contribution < -0.4 is 22.2 Å². The molecule has 0 saturated carbocycles. The number of alkyl halides is 5. The van der Waals surface area contributed by atoms with E-state index in [1.807, 2.05) is 0 Å². The van der Waals surface area contributed by atoms with E-state index in [-0.39, 0.29) is 25.3 Å². The van der Waals surface area contributed by atoms with Crippen molar-refractivity contribution >= 4 is 22.8 Å². The zero-order chi connectivity index (χ0) is 24.6. The van der Waals surface area contributed by atoms with Gasteiger partial charge in [-0.3, -0.25) is 9.59 Å². The van der Waals surface area contributed by atoms with Crippen LogP contribution in [0.2, 0.25) is 0 Å². The second-order valence-electron chi connectivity index (χ2n) is 7.03. The number of nitrogens with two attached hydrogens (primary N) is 2. The number of rotatable bonds is 11. The average Bonchev–Trinajstić information content (AvgIpc) is 3.15. The van der Waals surface area contributed by atoms with E-state index in [1.165, 1.54) is 0 Å². The Morgan fingerprint density at radius 3 is 2.58 bits per heavy atom. The fourth-order valence-electron chi connectivity index (χ4n) is 2.76. The van der Waals surface area contributed by atoms with Gasteiger partial charge >= 0.3 is 6.18 Å². The monoisotopic (exact) mass is 477 g/mol. The van der Waals surface area contributed by atoms with Gasteiger partial charge in [0.1, 0.15) is 11.5 Å². The van der Waals surface area contributed by atoms with Gasteiger partial charge in [0.15, 0.2) is 0 Å². The smallest absolute Gasteiger partial charge is 0.389 e. The number of imidazole rings is 1. The lowest BCUT2D eigenvalue weighted by molar-refractivity contribution is -0.144. The van der Waals surface area contributed by atoms with Crippen LogP contribution in [-0.2, 0) is 22.7 Å². The van der Waals surface area contributed by atoms with E-state index in [4.69, 9.17) is 11.6 Å². The number of nitrogens with zero attached hydrogens (tertiary/aromatic N) is 2. The number of amides is 2. The van der Waals surface area contributed by atoms with Crippen LogP contribution in [0.25, 0.3) is 11.0 Å². The molecule has 0 atom stereocenters. The Bertz CT molecular complexity index is 991. The quantitative estimate of drug-likeness (QED) is 0.145. The first kappa shape index (κ1) is 25.8. The van der Waals surface area contributed by atoms with Crippen molar-refractivity contribution in [3.63, 3.8) is 0 Å². The Kier molecular flexibility index (Phi) is 8.96. The maximum absolute atomic E-state index is 12.3. The Labute approximate surface area is 185 Å². The first-order valence-corrected chi connectivity index (χ1v) is 9.80. The molecule has 0 saturated heterocycles. The third-order valence-corrected chi connectivity index (χ3v) is 4.43. The summed E-state index contributed by atoms with van der Waals surface area (Å²) in [6.45, 7) is -0.279. The Balaban J connectivity index is 1.92. The van der Waals surface area contributed by atoms with Crippen LogP contribution in [0.5, 0.6) is 0 Å². The second kappa shape index (κ2) is 11.4. The number of hydrogen-bond donors (Lipinski definition) is 5. The van der Waals surface area contributed by atoms with Gasteiger partial charge in [0, 0.05) is 32.1 Å². The highest BCUT2D eigenvalue weighted by atomic mass is 19.4. The molecule has 0 aliphatic heterocycles. The van der Waals surface area contributed by atoms with Crippen LogP contribution in [0, 0.1) is 0 Å². The normalized spacial score (nSPS) is 12.3. The molecule has 0 radical (unpaired) electrons. The molecule has 7 N–H and O–H groups in total. The number of H-pyrrole nitrogens is 1. The molecular weight excluding hydrogens is 453 g/mol. The number of carbonyl (C=O) groups is 2. The van der Waals surface area contributed by atoms with Gasteiger partial charge in [-0.1, -0.05) is 6.07 Å². The van der Waals surface area contributed by atoms with Crippen LogP contribution in [0.15, 0.2) is 30.1 Å². The SMILES string of the molecule is N/C=C(/C(=O)NCc1nc2ccc(CNC(=O)CCC(F)(F)F)cc2[nH]1)N(N)CCC(F)F. The Morgan fingerprint density at radius 2 is 1.94 bits per heavy atom. The average molecular weight is 477 g/mol. The van der Waals surface area contributed by atoms with E-state index in [0.717, 1.165) is 11.2 Å². The van der Waals surface area contributed by atoms with E-state index in [1.54, 1.807) is 18.2 Å². The third-order valence-electron chi connectivity index (χ3n) is 4.43. The van der Waals surface area contributed by atoms with E-state index < -0.39 is 43.7 Å². The lowest BCUT2D eigenvalue weighted by Gasteiger charge is -2.20. The zero-order valence-electron chi connectivity index (χ0n) is 17.4. The van der Waals surface area contributed by atoms with E-state index >= 15 is 0 Å². The number of hydrogen-bond acceptors (Lipinski definition) is 6. The minimum atomic E-state index is -4.40. The summed E-state index contributed by atoms with van der Waals surface area (Å²) in [5.74, 6) is 4.57. The molecule has 9 nitrogen and oxygen atoms in total. The molecule has 0 bridgehead atoms. The summed E-state index contributed by atoms with van der Waals surface area (Å²) in [7, 11) is 0. The molecule has 182 valence electrons. The van der Waals surface area contributed by atoms with Gasteiger partial charge < -0.3 is 26.4 Å². The summed E-state index contributed by atoms with van der Waals surface area (Å²) in [5.41, 5.74) is 6.96. The number of halogens is 5. The van der Waals surface area contributed by atoms with E-state index in [2.05, 4.69) is 20.6 Å². The zero-order valence-corrected chi connectivity index (χ0v) is 17.4. The molecule has 2 aromatic rings. The summed E-state index contributed by atoms with van der Waals surface area (Å²) in [5, 5.41) is 5.77. The molecule has 2 rings (SSSR count). The standard InChI is InChI=1S/C19H24F5N7O2/c20-15(21)4-6-31(26)14(8-25)18(33)28-10-16-29-12-2-1-11(7-13(12)30-16)9-27-17(32)3-5-19(22,23)24/h1-2,7-8,15H,3-6,9-10,25-26H2,(H,27,32)(H,28,33)(H,29,30)/b14-8-. The van der Waals surface area contributed by atoms with Crippen molar-refractivity contribution in [2.24, 2.45) is 11.6 Å². The van der Waals surface area contributed by atoms with Crippen molar-refractivity contribution in [2.45, 2.75) is 45.0 Å². The molecule has 0 unspecified atom stereocenters. The highest BCUT2D eigenvalue weighted by molar-refractivity contribution is 5.92. The maximum Gasteiger partial charge on any atom is 0.389 e. The minimum absolute atomic E-state index is 0.0350. The van der Waals surface area contributed by atoms with Gasteiger partial charge in [0.2, 0.25) is 12.3 Å². The van der Waals surface area contributed by atoms with Crippen molar-refractivity contribution in [1.29, 1.82) is 0 Å². The molecule has 0 spiro atoms. The Hall–Kier alpha value is -3.42. The summed E-state index contributed by atoms with van der Waals surface area (Å²) in [6, 6.07) is 4.96. The summed E-state index contributed by atoms with van der Waals surface area (Å²) in [4.78, 5) is 31.1. The van der Waals surface area contributed by atoms with Crippen molar-refractivity contribution in [3.05, 3.63) is 41.5 Å². The molecule has 1 heterocycles. The summed E-state index contributed by atoms with van der Waals surface area (Å²) in [6.07, 6.45) is -8.44. The van der Waals surface area contributed by atoms with Gasteiger partial charge in [-0.15, -0.1) is 0 Å². The number of aromatic nitrogens is 2. The lowest BCUT2D eigenvalue weighted by atomic mass is 10.2. The number of fused-ring (bicyclic) bond motifs is 1. The predicted octanol–water partition coefficient (Wildman–Crippen LogP) is 1.77. The number of nitrogens with one attached hydrogen (secondary N) is 3. The van der Waals surface area contributed by atoms with Crippen molar-refractivity contribution in [3.8, 4) is 0 Å². The third kappa shape index (κ3) is 8.56.